The van der Waals surface area contributed by atoms with Gasteiger partial charge in [-0.25, -0.2) is 9.97 Å². The third-order valence-electron chi connectivity index (χ3n) is 3.98. The molecular weight excluding hydrogens is 264 g/mol. The second-order valence-electron chi connectivity index (χ2n) is 5.23. The first-order valence-electron chi connectivity index (χ1n) is 6.95. The van der Waals surface area contributed by atoms with Crippen molar-refractivity contribution in [2.75, 3.05) is 6.54 Å². The minimum Gasteiger partial charge on any atom is -0.357 e. The summed E-state index contributed by atoms with van der Waals surface area (Å²) in [5.74, 6) is -0.0140. The van der Waals surface area contributed by atoms with Crippen LogP contribution in [0, 0.1) is 0 Å². The molecular formula is C16H14N4O. The van der Waals surface area contributed by atoms with E-state index in [0.717, 1.165) is 24.2 Å². The normalized spacial score (nSPS) is 14.2. The number of aromatic amines is 1. The van der Waals surface area contributed by atoms with Gasteiger partial charge in [-0.15, -0.1) is 0 Å². The fourth-order valence-electron chi connectivity index (χ4n) is 2.96. The summed E-state index contributed by atoms with van der Waals surface area (Å²) < 4.78 is 0. The smallest absolute Gasteiger partial charge is 0.257 e. The van der Waals surface area contributed by atoms with E-state index in [4.69, 9.17) is 0 Å². The van der Waals surface area contributed by atoms with E-state index in [1.54, 1.807) is 12.4 Å². The largest absolute Gasteiger partial charge is 0.357 e. The number of nitrogens with zero attached hydrogens (tertiary/aromatic N) is 3. The zero-order valence-corrected chi connectivity index (χ0v) is 11.4. The number of amides is 1. The standard InChI is InChI=1S/C16H14N4O/c21-16(11-7-17-10-18-8-11)20-6-5-13-12-3-1-2-4-14(12)19-15(13)9-20/h1-4,7-8,10,19H,5-6,9H2. The molecule has 0 saturated heterocycles. The number of aromatic nitrogens is 3. The van der Waals surface area contributed by atoms with Gasteiger partial charge in [0, 0.05) is 35.5 Å². The maximum Gasteiger partial charge on any atom is 0.257 e. The average molecular weight is 278 g/mol. The molecule has 104 valence electrons. The molecule has 0 atom stereocenters. The highest BCUT2D eigenvalue weighted by Gasteiger charge is 2.24. The van der Waals surface area contributed by atoms with Crippen molar-refractivity contribution in [2.24, 2.45) is 0 Å². The fraction of sp³-hybridized carbons (Fsp3) is 0.188. The lowest BCUT2D eigenvalue weighted by molar-refractivity contribution is 0.0732. The Kier molecular flexibility index (Phi) is 2.70. The number of carbonyl (C=O) groups is 1. The second-order valence-corrected chi connectivity index (χ2v) is 5.23. The minimum absolute atomic E-state index is 0.0140. The maximum absolute atomic E-state index is 12.5. The molecule has 1 aliphatic rings. The van der Waals surface area contributed by atoms with Crippen molar-refractivity contribution in [2.45, 2.75) is 13.0 Å². The molecule has 0 unspecified atom stereocenters. The van der Waals surface area contributed by atoms with Crippen LogP contribution in [0.25, 0.3) is 10.9 Å². The van der Waals surface area contributed by atoms with Crippen molar-refractivity contribution in [3.8, 4) is 0 Å². The molecule has 21 heavy (non-hydrogen) atoms. The van der Waals surface area contributed by atoms with E-state index in [0.29, 0.717) is 12.1 Å². The molecule has 4 rings (SSSR count). The maximum atomic E-state index is 12.5. The highest BCUT2D eigenvalue weighted by Crippen LogP contribution is 2.27. The van der Waals surface area contributed by atoms with Gasteiger partial charge in [0.25, 0.3) is 5.91 Å². The van der Waals surface area contributed by atoms with Gasteiger partial charge in [0.2, 0.25) is 0 Å². The average Bonchev–Trinajstić information content (AvgIpc) is 2.92. The number of para-hydroxylation sites is 1. The summed E-state index contributed by atoms with van der Waals surface area (Å²) in [6, 6.07) is 8.28. The number of H-pyrrole nitrogens is 1. The summed E-state index contributed by atoms with van der Waals surface area (Å²) in [5, 5.41) is 1.27. The molecule has 0 spiro atoms. The van der Waals surface area contributed by atoms with Crippen molar-refractivity contribution >= 4 is 16.8 Å². The van der Waals surface area contributed by atoms with Gasteiger partial charge in [-0.1, -0.05) is 18.2 Å². The predicted octanol–water partition coefficient (Wildman–Crippen LogP) is 2.16. The van der Waals surface area contributed by atoms with Crippen LogP contribution in [0.4, 0.5) is 0 Å². The van der Waals surface area contributed by atoms with Crippen LogP contribution >= 0.6 is 0 Å². The summed E-state index contributed by atoms with van der Waals surface area (Å²) in [4.78, 5) is 25.6. The number of fused-ring (bicyclic) bond motifs is 3. The van der Waals surface area contributed by atoms with Crippen LogP contribution < -0.4 is 0 Å². The molecule has 1 N–H and O–H groups in total. The van der Waals surface area contributed by atoms with Gasteiger partial charge in [-0.05, 0) is 18.1 Å². The number of hydrogen-bond acceptors (Lipinski definition) is 3. The van der Waals surface area contributed by atoms with Gasteiger partial charge >= 0.3 is 0 Å². The lowest BCUT2D eigenvalue weighted by Gasteiger charge is -2.27. The van der Waals surface area contributed by atoms with Crippen LogP contribution in [0.3, 0.4) is 0 Å². The Morgan fingerprint density at radius 2 is 2.00 bits per heavy atom. The first-order valence-corrected chi connectivity index (χ1v) is 6.95. The third kappa shape index (κ3) is 1.98. The lowest BCUT2D eigenvalue weighted by Crippen LogP contribution is -2.36. The van der Waals surface area contributed by atoms with E-state index in [2.05, 4.69) is 33.2 Å². The molecule has 1 amide bonds. The van der Waals surface area contributed by atoms with Gasteiger partial charge in [-0.2, -0.15) is 0 Å². The number of rotatable bonds is 1. The van der Waals surface area contributed by atoms with Gasteiger partial charge in [-0.3, -0.25) is 4.79 Å². The number of carbonyl (C=O) groups excluding carboxylic acids is 1. The van der Waals surface area contributed by atoms with Gasteiger partial charge in [0.15, 0.2) is 0 Å². The van der Waals surface area contributed by atoms with Crippen LogP contribution in [-0.4, -0.2) is 32.3 Å². The van der Waals surface area contributed by atoms with Gasteiger partial charge in [0.05, 0.1) is 12.1 Å². The summed E-state index contributed by atoms with van der Waals surface area (Å²) in [6.45, 7) is 1.33. The van der Waals surface area contributed by atoms with Crippen LogP contribution in [-0.2, 0) is 13.0 Å². The van der Waals surface area contributed by atoms with Crippen molar-refractivity contribution in [3.05, 3.63) is 59.8 Å². The lowest BCUT2D eigenvalue weighted by atomic mass is 10.0. The van der Waals surface area contributed by atoms with Crippen molar-refractivity contribution in [3.63, 3.8) is 0 Å². The molecule has 0 fully saturated rings. The molecule has 5 nitrogen and oxygen atoms in total. The number of nitrogens with one attached hydrogen (secondary N) is 1. The molecule has 5 heteroatoms. The summed E-state index contributed by atoms with van der Waals surface area (Å²) in [5.41, 5.74) is 4.14. The summed E-state index contributed by atoms with van der Waals surface area (Å²) >= 11 is 0. The summed E-state index contributed by atoms with van der Waals surface area (Å²) in [6.07, 6.45) is 5.44. The Balaban J connectivity index is 1.66. The molecule has 3 aromatic rings. The van der Waals surface area contributed by atoms with E-state index in [-0.39, 0.29) is 5.91 Å². The molecule has 3 heterocycles. The molecule has 0 saturated carbocycles. The topological polar surface area (TPSA) is 61.9 Å². The molecule has 0 radical (unpaired) electrons. The first kappa shape index (κ1) is 12.1. The van der Waals surface area contributed by atoms with Crippen LogP contribution in [0.5, 0.6) is 0 Å². The molecule has 0 bridgehead atoms. The zero-order valence-electron chi connectivity index (χ0n) is 11.4. The van der Waals surface area contributed by atoms with E-state index in [9.17, 15) is 4.79 Å². The quantitative estimate of drug-likeness (QED) is 0.742. The third-order valence-corrected chi connectivity index (χ3v) is 3.98. The number of benzene rings is 1. The molecule has 0 aliphatic carbocycles. The van der Waals surface area contributed by atoms with Gasteiger partial charge < -0.3 is 9.88 Å². The number of hydrogen-bond donors (Lipinski definition) is 1. The Morgan fingerprint density at radius 1 is 1.19 bits per heavy atom. The van der Waals surface area contributed by atoms with Crippen molar-refractivity contribution < 1.29 is 4.79 Å². The Morgan fingerprint density at radius 3 is 2.86 bits per heavy atom. The van der Waals surface area contributed by atoms with E-state index >= 15 is 0 Å². The van der Waals surface area contributed by atoms with Crippen LogP contribution in [0.15, 0.2) is 43.0 Å². The highest BCUT2D eigenvalue weighted by atomic mass is 16.2. The summed E-state index contributed by atoms with van der Waals surface area (Å²) in [7, 11) is 0. The second kappa shape index (κ2) is 4.70. The Hall–Kier alpha value is -2.69. The highest BCUT2D eigenvalue weighted by molar-refractivity contribution is 5.94. The van der Waals surface area contributed by atoms with Crippen molar-refractivity contribution in [1.29, 1.82) is 0 Å². The van der Waals surface area contributed by atoms with Crippen molar-refractivity contribution in [1.82, 2.24) is 19.9 Å². The Labute approximate surface area is 121 Å². The first-order chi connectivity index (χ1) is 10.3. The molecule has 1 aromatic carbocycles. The van der Waals surface area contributed by atoms with Crippen LogP contribution in [0.1, 0.15) is 21.6 Å². The Bertz CT molecular complexity index is 810. The van der Waals surface area contributed by atoms with E-state index in [1.807, 2.05) is 11.0 Å². The zero-order chi connectivity index (χ0) is 14.2. The van der Waals surface area contributed by atoms with E-state index < -0.39 is 0 Å². The van der Waals surface area contributed by atoms with Crippen LogP contribution in [0.2, 0.25) is 0 Å². The van der Waals surface area contributed by atoms with Gasteiger partial charge in [0.1, 0.15) is 6.33 Å². The monoisotopic (exact) mass is 278 g/mol. The molecule has 1 aliphatic heterocycles. The van der Waals surface area contributed by atoms with E-state index in [1.165, 1.54) is 17.3 Å². The fourth-order valence-corrected chi connectivity index (χ4v) is 2.96. The SMILES string of the molecule is O=C(c1cncnc1)N1CCc2c([nH]c3ccccc23)C1. The minimum atomic E-state index is -0.0140. The molecule has 2 aromatic heterocycles. The predicted molar refractivity (Wildman–Crippen MR) is 78.8 cm³/mol.